The molecule has 1 aromatic carbocycles. The molecule has 2 aromatic heterocycles. The van der Waals surface area contributed by atoms with Crippen molar-refractivity contribution < 1.29 is 17.4 Å². The van der Waals surface area contributed by atoms with E-state index in [0.717, 1.165) is 30.7 Å². The minimum absolute atomic E-state index is 0.169. The van der Waals surface area contributed by atoms with Crippen LogP contribution >= 0.6 is 0 Å². The van der Waals surface area contributed by atoms with Gasteiger partial charge in [-0.1, -0.05) is 6.07 Å². The average molecular weight is 419 g/mol. The van der Waals surface area contributed by atoms with Crippen LogP contribution in [0.5, 0.6) is 0 Å². The van der Waals surface area contributed by atoms with Gasteiger partial charge < -0.3 is 4.57 Å². The van der Waals surface area contributed by atoms with Crippen LogP contribution in [0.25, 0.3) is 22.4 Å². The standard InChI is InChI=1S/C20H17F3N4OS/c1-3-29(28)16-8-12(19(11-24)6-7-19)4-5-13(16)18-26-14-9-17(20(21,22)23)25-10-15(14)27(18)2/h4-5,8-10H,3,6-7H2,1-2H3/p+1. The number of nitriles is 1. The third kappa shape index (κ3) is 3.21. The van der Waals surface area contributed by atoms with Gasteiger partial charge in [0.25, 0.3) is 0 Å². The van der Waals surface area contributed by atoms with Gasteiger partial charge in [0.2, 0.25) is 0 Å². The number of halogens is 3. The van der Waals surface area contributed by atoms with Crippen LogP contribution in [0.15, 0.2) is 35.4 Å². The van der Waals surface area contributed by atoms with Gasteiger partial charge in [-0.3, -0.25) is 0 Å². The maximum absolute atomic E-state index is 13.0. The van der Waals surface area contributed by atoms with E-state index >= 15 is 0 Å². The number of thiol groups is 1. The van der Waals surface area contributed by atoms with Crippen LogP contribution in [0.4, 0.5) is 13.2 Å². The number of alkyl halides is 3. The van der Waals surface area contributed by atoms with E-state index in [9.17, 15) is 22.6 Å². The first-order valence-corrected chi connectivity index (χ1v) is 10.5. The van der Waals surface area contributed by atoms with E-state index in [1.54, 1.807) is 30.7 Å². The van der Waals surface area contributed by atoms with Crippen molar-refractivity contribution in [3.05, 3.63) is 41.7 Å². The van der Waals surface area contributed by atoms with E-state index in [4.69, 9.17) is 0 Å². The predicted molar refractivity (Wildman–Crippen MR) is 104 cm³/mol. The first-order chi connectivity index (χ1) is 13.7. The minimum Gasteiger partial charge on any atom is -0.326 e. The lowest BCUT2D eigenvalue weighted by Crippen LogP contribution is -2.07. The first kappa shape index (κ1) is 19.6. The highest BCUT2D eigenvalue weighted by atomic mass is 32.2. The zero-order valence-corrected chi connectivity index (χ0v) is 16.7. The van der Waals surface area contributed by atoms with Gasteiger partial charge in [0.05, 0.1) is 34.3 Å². The van der Waals surface area contributed by atoms with Crippen molar-refractivity contribution >= 4 is 21.8 Å². The van der Waals surface area contributed by atoms with Crippen molar-refractivity contribution in [1.29, 1.82) is 5.26 Å². The molecular weight excluding hydrogens is 401 g/mol. The molecule has 150 valence electrons. The fourth-order valence-corrected chi connectivity index (χ4v) is 4.54. The molecule has 4 rings (SSSR count). The molecule has 0 bridgehead atoms. The number of aryl methyl sites for hydroxylation is 1. The summed E-state index contributed by atoms with van der Waals surface area (Å²) in [6.07, 6.45) is -1.87. The SMILES string of the molecule is CC[SH+](=O)c1cc(C2(C#N)CC2)ccc1-c1nc2cc(C(F)(F)F)ncc2n1C. The van der Waals surface area contributed by atoms with Gasteiger partial charge in [0.15, 0.2) is 4.90 Å². The van der Waals surface area contributed by atoms with Crippen LogP contribution in [0, 0.1) is 11.3 Å². The van der Waals surface area contributed by atoms with Crippen LogP contribution in [-0.4, -0.2) is 20.3 Å². The van der Waals surface area contributed by atoms with Gasteiger partial charge in [-0.25, -0.2) is 9.97 Å². The normalized spacial score (nSPS) is 16.6. The predicted octanol–water partition coefficient (Wildman–Crippen LogP) is 4.28. The van der Waals surface area contributed by atoms with Crippen LogP contribution in [0.2, 0.25) is 0 Å². The Morgan fingerprint density at radius 2 is 2.03 bits per heavy atom. The molecule has 3 aromatic rings. The summed E-state index contributed by atoms with van der Waals surface area (Å²) in [6.45, 7) is 1.81. The number of imidazole rings is 1. The molecule has 0 amide bonds. The minimum atomic E-state index is -4.56. The van der Waals surface area contributed by atoms with Gasteiger partial charge in [-0.15, -0.1) is 4.21 Å². The van der Waals surface area contributed by atoms with E-state index in [-0.39, 0.29) is 5.52 Å². The van der Waals surface area contributed by atoms with E-state index < -0.39 is 28.1 Å². The molecule has 1 unspecified atom stereocenters. The Morgan fingerprint density at radius 1 is 1.31 bits per heavy atom. The quantitative estimate of drug-likeness (QED) is 0.467. The van der Waals surface area contributed by atoms with Gasteiger partial charge in [0, 0.05) is 7.05 Å². The van der Waals surface area contributed by atoms with E-state index in [1.165, 1.54) is 0 Å². The fraction of sp³-hybridized carbons (Fsp3) is 0.350. The van der Waals surface area contributed by atoms with Crippen molar-refractivity contribution in [3.63, 3.8) is 0 Å². The summed E-state index contributed by atoms with van der Waals surface area (Å²) in [5, 5.41) is 9.48. The average Bonchev–Trinajstić information content (AvgIpc) is 3.44. The van der Waals surface area contributed by atoms with Crippen molar-refractivity contribution in [2.75, 3.05) is 5.75 Å². The Kier molecular flexibility index (Phi) is 4.50. The summed E-state index contributed by atoms with van der Waals surface area (Å²) in [5.74, 6) is 0.830. The third-order valence-corrected chi connectivity index (χ3v) is 6.85. The number of nitrogens with zero attached hydrogens (tertiary/aromatic N) is 4. The second-order valence-electron chi connectivity index (χ2n) is 7.17. The van der Waals surface area contributed by atoms with E-state index in [0.29, 0.717) is 27.6 Å². The Balaban J connectivity index is 1.90. The molecule has 5 nitrogen and oxygen atoms in total. The summed E-state index contributed by atoms with van der Waals surface area (Å²) >= 11 is 0. The number of hydrogen-bond donors (Lipinski definition) is 0. The molecule has 1 aliphatic rings. The van der Waals surface area contributed by atoms with Crippen LogP contribution in [-0.2, 0) is 33.6 Å². The molecular formula is C20H18F3N4OS+. The summed E-state index contributed by atoms with van der Waals surface area (Å²) in [6, 6.07) is 8.65. The lowest BCUT2D eigenvalue weighted by molar-refractivity contribution is -0.141. The highest BCUT2D eigenvalue weighted by molar-refractivity contribution is 7.85. The number of pyridine rings is 1. The van der Waals surface area contributed by atoms with Crippen molar-refractivity contribution in [2.24, 2.45) is 7.05 Å². The molecule has 0 radical (unpaired) electrons. The highest BCUT2D eigenvalue weighted by Gasteiger charge is 2.45. The molecule has 1 fully saturated rings. The first-order valence-electron chi connectivity index (χ1n) is 9.10. The zero-order valence-electron chi connectivity index (χ0n) is 15.8. The Labute approximate surface area is 167 Å². The van der Waals surface area contributed by atoms with E-state index in [2.05, 4.69) is 16.0 Å². The number of fused-ring (bicyclic) bond motifs is 1. The summed E-state index contributed by atoms with van der Waals surface area (Å²) < 4.78 is 53.4. The Hall–Kier alpha value is -2.73. The summed E-state index contributed by atoms with van der Waals surface area (Å²) in [5.41, 5.74) is 0.519. The molecule has 9 heteroatoms. The highest BCUT2D eigenvalue weighted by Crippen LogP contribution is 2.48. The van der Waals surface area contributed by atoms with Gasteiger partial charge in [-0.05, 0) is 43.5 Å². The topological polar surface area (TPSA) is 71.6 Å². The van der Waals surface area contributed by atoms with Gasteiger partial charge in [0.1, 0.15) is 28.1 Å². The molecule has 1 saturated carbocycles. The third-order valence-electron chi connectivity index (χ3n) is 5.37. The Morgan fingerprint density at radius 3 is 2.62 bits per heavy atom. The molecule has 2 heterocycles. The Bertz CT molecular complexity index is 1190. The monoisotopic (exact) mass is 419 g/mol. The number of rotatable bonds is 4. The number of aromatic nitrogens is 3. The van der Waals surface area contributed by atoms with E-state index in [1.807, 2.05) is 6.07 Å². The summed E-state index contributed by atoms with van der Waals surface area (Å²) in [7, 11) is -0.0448. The van der Waals surface area contributed by atoms with Crippen LogP contribution in [0.1, 0.15) is 31.0 Å². The molecule has 0 spiro atoms. The van der Waals surface area contributed by atoms with Gasteiger partial charge in [-0.2, -0.15) is 18.4 Å². The van der Waals surface area contributed by atoms with Crippen molar-refractivity contribution in [2.45, 2.75) is 36.3 Å². The van der Waals surface area contributed by atoms with Crippen LogP contribution in [0.3, 0.4) is 0 Å². The fourth-order valence-electron chi connectivity index (χ4n) is 3.47. The number of hydrogen-bond acceptors (Lipinski definition) is 4. The maximum Gasteiger partial charge on any atom is 0.433 e. The molecule has 1 aliphatic carbocycles. The number of benzene rings is 1. The van der Waals surface area contributed by atoms with Gasteiger partial charge >= 0.3 is 6.18 Å². The summed E-state index contributed by atoms with van der Waals surface area (Å²) in [4.78, 5) is 8.47. The van der Waals surface area contributed by atoms with Crippen LogP contribution < -0.4 is 0 Å². The van der Waals surface area contributed by atoms with Crippen molar-refractivity contribution in [3.8, 4) is 17.5 Å². The molecule has 1 atom stereocenters. The second-order valence-corrected chi connectivity index (χ2v) is 9.04. The molecule has 0 saturated heterocycles. The van der Waals surface area contributed by atoms with Crippen molar-refractivity contribution in [1.82, 2.24) is 14.5 Å². The largest absolute Gasteiger partial charge is 0.433 e. The lowest BCUT2D eigenvalue weighted by atomic mass is 9.96. The molecule has 29 heavy (non-hydrogen) atoms. The molecule has 0 aliphatic heterocycles. The maximum atomic E-state index is 13.0. The second kappa shape index (κ2) is 6.66. The molecule has 0 N–H and O–H groups in total. The zero-order chi connectivity index (χ0) is 21.0. The smallest absolute Gasteiger partial charge is 0.326 e. The lowest BCUT2D eigenvalue weighted by Gasteiger charge is -2.10.